The van der Waals surface area contributed by atoms with Gasteiger partial charge in [-0.1, -0.05) is 11.6 Å². The lowest BCUT2D eigenvalue weighted by Crippen LogP contribution is -2.14. The van der Waals surface area contributed by atoms with Crippen LogP contribution in [0.15, 0.2) is 12.1 Å². The van der Waals surface area contributed by atoms with Gasteiger partial charge in [0.15, 0.2) is 0 Å². The lowest BCUT2D eigenvalue weighted by molar-refractivity contribution is -0.143. The highest BCUT2D eigenvalue weighted by Crippen LogP contribution is 2.23. The fourth-order valence-electron chi connectivity index (χ4n) is 0.993. The molecule has 1 rings (SSSR count). The minimum absolute atomic E-state index is 0.0330. The van der Waals surface area contributed by atoms with Gasteiger partial charge in [0.1, 0.15) is 12.4 Å². The molecule has 3 nitrogen and oxygen atoms in total. The minimum atomic E-state index is -0.595. The van der Waals surface area contributed by atoms with E-state index < -0.39 is 17.0 Å². The number of hydrogen-bond donors (Lipinski definition) is 2. The third-order valence-corrected chi connectivity index (χ3v) is 2.44. The molecule has 6 heteroatoms. The predicted octanol–water partition coefficient (Wildman–Crippen LogP) is 2.42. The van der Waals surface area contributed by atoms with Crippen molar-refractivity contribution in [2.75, 3.05) is 5.73 Å². The first-order valence-corrected chi connectivity index (χ1v) is 5.39. The van der Waals surface area contributed by atoms with Crippen LogP contribution in [0.4, 0.5) is 10.1 Å². The van der Waals surface area contributed by atoms with E-state index in [1.807, 2.05) is 0 Å². The molecule has 0 aliphatic rings. The van der Waals surface area contributed by atoms with E-state index in [4.69, 9.17) is 22.1 Å². The summed E-state index contributed by atoms with van der Waals surface area (Å²) in [6.07, 6.45) is 0. The summed E-state index contributed by atoms with van der Waals surface area (Å²) in [5, 5.41) is -0.345. The van der Waals surface area contributed by atoms with Crippen molar-refractivity contribution in [3.05, 3.63) is 28.5 Å². The van der Waals surface area contributed by atoms with Gasteiger partial charge in [-0.05, 0) is 19.1 Å². The second-order valence-corrected chi connectivity index (χ2v) is 4.43. The first-order valence-electron chi connectivity index (χ1n) is 4.50. The third kappa shape index (κ3) is 3.28. The number of esters is 1. The Labute approximate surface area is 103 Å². The summed E-state index contributed by atoms with van der Waals surface area (Å²) in [4.78, 5) is 11.1. The number of ether oxygens (including phenoxy) is 1. The number of anilines is 1. The molecule has 0 bridgehead atoms. The summed E-state index contributed by atoms with van der Waals surface area (Å²) in [6, 6.07) is 2.43. The SMILES string of the molecule is CC(S)C(=O)OCc1cc(N)c(F)cc1Cl. The molecule has 0 heterocycles. The highest BCUT2D eigenvalue weighted by atomic mass is 35.5. The second-order valence-electron chi connectivity index (χ2n) is 3.25. The van der Waals surface area contributed by atoms with E-state index in [1.54, 1.807) is 6.92 Å². The maximum absolute atomic E-state index is 13.0. The molecule has 2 N–H and O–H groups in total. The van der Waals surface area contributed by atoms with Gasteiger partial charge in [-0.25, -0.2) is 4.39 Å². The summed E-state index contributed by atoms with van der Waals surface area (Å²) < 4.78 is 17.8. The molecule has 1 unspecified atom stereocenters. The first kappa shape index (κ1) is 13.1. The van der Waals surface area contributed by atoms with E-state index in [2.05, 4.69) is 12.6 Å². The fraction of sp³-hybridized carbons (Fsp3) is 0.300. The van der Waals surface area contributed by atoms with Gasteiger partial charge in [0.05, 0.1) is 16.0 Å². The van der Waals surface area contributed by atoms with Crippen molar-refractivity contribution in [2.45, 2.75) is 18.8 Å². The van der Waals surface area contributed by atoms with Gasteiger partial charge in [0.2, 0.25) is 0 Å². The van der Waals surface area contributed by atoms with Gasteiger partial charge in [0.25, 0.3) is 0 Å². The molecule has 0 amide bonds. The lowest BCUT2D eigenvalue weighted by atomic mass is 10.2. The Morgan fingerprint density at radius 2 is 2.31 bits per heavy atom. The molecule has 0 radical (unpaired) electrons. The highest BCUT2D eigenvalue weighted by molar-refractivity contribution is 7.81. The van der Waals surface area contributed by atoms with Gasteiger partial charge in [0, 0.05) is 5.56 Å². The van der Waals surface area contributed by atoms with Gasteiger partial charge in [-0.2, -0.15) is 12.6 Å². The predicted molar refractivity (Wildman–Crippen MR) is 64.1 cm³/mol. The van der Waals surface area contributed by atoms with Crippen molar-refractivity contribution in [1.82, 2.24) is 0 Å². The lowest BCUT2D eigenvalue weighted by Gasteiger charge is -2.09. The molecule has 0 fully saturated rings. The largest absolute Gasteiger partial charge is 0.460 e. The Hall–Kier alpha value is -0.940. The molecule has 16 heavy (non-hydrogen) atoms. The molecule has 1 aromatic rings. The number of hydrogen-bond acceptors (Lipinski definition) is 4. The topological polar surface area (TPSA) is 52.3 Å². The third-order valence-electron chi connectivity index (χ3n) is 1.88. The van der Waals surface area contributed by atoms with Crippen molar-refractivity contribution < 1.29 is 13.9 Å². The van der Waals surface area contributed by atoms with Crippen LogP contribution >= 0.6 is 24.2 Å². The van der Waals surface area contributed by atoms with Crippen molar-refractivity contribution in [3.8, 4) is 0 Å². The van der Waals surface area contributed by atoms with E-state index in [1.165, 1.54) is 6.07 Å². The molecule has 88 valence electrons. The zero-order chi connectivity index (χ0) is 12.3. The second kappa shape index (κ2) is 5.41. The summed E-state index contributed by atoms with van der Waals surface area (Å²) in [5.41, 5.74) is 5.79. The molecule has 0 aliphatic carbocycles. The summed E-state index contributed by atoms with van der Waals surface area (Å²) in [7, 11) is 0. The molecule has 1 aromatic carbocycles. The van der Waals surface area contributed by atoms with Crippen molar-refractivity contribution in [2.24, 2.45) is 0 Å². The Balaban J connectivity index is 2.75. The van der Waals surface area contributed by atoms with E-state index in [0.29, 0.717) is 5.56 Å². The number of nitrogens with two attached hydrogens (primary N) is 1. The quantitative estimate of drug-likeness (QED) is 0.500. The number of carbonyl (C=O) groups excluding carboxylic acids is 1. The number of rotatable bonds is 3. The van der Waals surface area contributed by atoms with Crippen LogP contribution in [0.25, 0.3) is 0 Å². The van der Waals surface area contributed by atoms with Crippen molar-refractivity contribution >= 4 is 35.9 Å². The molecule has 0 saturated carbocycles. The zero-order valence-electron chi connectivity index (χ0n) is 8.54. The standard InChI is InChI=1S/C10H11ClFNO2S/c1-5(16)10(14)15-4-6-2-9(13)8(12)3-7(6)11/h2-3,5,16H,4,13H2,1H3. The van der Waals surface area contributed by atoms with Gasteiger partial charge < -0.3 is 10.5 Å². The van der Waals surface area contributed by atoms with Crippen LogP contribution in [-0.4, -0.2) is 11.2 Å². The normalized spacial score (nSPS) is 12.2. The average molecular weight is 264 g/mol. The number of halogens is 2. The fourth-order valence-corrected chi connectivity index (χ4v) is 1.27. The summed E-state index contributed by atoms with van der Waals surface area (Å²) in [6.45, 7) is 1.54. The van der Waals surface area contributed by atoms with Gasteiger partial charge >= 0.3 is 5.97 Å². The van der Waals surface area contributed by atoms with Crippen LogP contribution in [0.1, 0.15) is 12.5 Å². The molecule has 1 atom stereocenters. The number of benzene rings is 1. The maximum atomic E-state index is 13.0. The zero-order valence-corrected chi connectivity index (χ0v) is 10.2. The maximum Gasteiger partial charge on any atom is 0.318 e. The number of carbonyl (C=O) groups is 1. The number of nitrogen functional groups attached to an aromatic ring is 1. The first-order chi connectivity index (χ1) is 7.41. The van der Waals surface area contributed by atoms with Gasteiger partial charge in [-0.15, -0.1) is 0 Å². The summed E-state index contributed by atoms with van der Waals surface area (Å²) in [5.74, 6) is -1.06. The minimum Gasteiger partial charge on any atom is -0.460 e. The number of thiol groups is 1. The smallest absolute Gasteiger partial charge is 0.318 e. The average Bonchev–Trinajstić information content (AvgIpc) is 2.20. The van der Waals surface area contributed by atoms with Gasteiger partial charge in [-0.3, -0.25) is 4.79 Å². The van der Waals surface area contributed by atoms with Crippen molar-refractivity contribution in [1.29, 1.82) is 0 Å². The molecule has 0 saturated heterocycles. The molecule has 0 spiro atoms. The van der Waals surface area contributed by atoms with Crippen LogP contribution in [0.2, 0.25) is 5.02 Å². The van der Waals surface area contributed by atoms with E-state index in [-0.39, 0.29) is 17.3 Å². The Bertz CT molecular complexity index is 412. The van der Waals surface area contributed by atoms with E-state index in [9.17, 15) is 9.18 Å². The van der Waals surface area contributed by atoms with Crippen LogP contribution in [0, 0.1) is 5.82 Å². The molecular formula is C10H11ClFNO2S. The van der Waals surface area contributed by atoms with Crippen LogP contribution < -0.4 is 5.73 Å². The molecular weight excluding hydrogens is 253 g/mol. The monoisotopic (exact) mass is 263 g/mol. The van der Waals surface area contributed by atoms with E-state index >= 15 is 0 Å². The summed E-state index contributed by atoms with van der Waals surface area (Å²) >= 11 is 9.67. The highest BCUT2D eigenvalue weighted by Gasteiger charge is 2.12. The molecule has 0 aliphatic heterocycles. The van der Waals surface area contributed by atoms with Crippen molar-refractivity contribution in [3.63, 3.8) is 0 Å². The molecule has 0 aromatic heterocycles. The Morgan fingerprint density at radius 3 is 2.88 bits per heavy atom. The van der Waals surface area contributed by atoms with E-state index in [0.717, 1.165) is 6.07 Å². The Kier molecular flexibility index (Phi) is 4.44. The van der Waals surface area contributed by atoms with Crippen LogP contribution in [-0.2, 0) is 16.1 Å². The van der Waals surface area contributed by atoms with Crippen LogP contribution in [0.3, 0.4) is 0 Å². The van der Waals surface area contributed by atoms with Crippen LogP contribution in [0.5, 0.6) is 0 Å². The Morgan fingerprint density at radius 1 is 1.69 bits per heavy atom.